The molecular weight excluding hydrogens is 413 g/mol. The number of thiophene rings is 2. The lowest BCUT2D eigenvalue weighted by Crippen LogP contribution is -2.42. The van der Waals surface area contributed by atoms with E-state index in [2.05, 4.69) is 58.4 Å². The predicted molar refractivity (Wildman–Crippen MR) is 105 cm³/mol. The van der Waals surface area contributed by atoms with Gasteiger partial charge in [-0.2, -0.15) is 11.3 Å². The summed E-state index contributed by atoms with van der Waals surface area (Å²) in [5.74, 6) is 0.858. The van der Waals surface area contributed by atoms with Gasteiger partial charge in [-0.15, -0.1) is 35.3 Å². The van der Waals surface area contributed by atoms with Gasteiger partial charge < -0.3 is 10.6 Å². The zero-order chi connectivity index (χ0) is 14.4. The van der Waals surface area contributed by atoms with Gasteiger partial charge in [0.25, 0.3) is 0 Å². The van der Waals surface area contributed by atoms with Crippen molar-refractivity contribution in [3.05, 3.63) is 44.3 Å². The minimum Gasteiger partial charge on any atom is -0.354 e. The van der Waals surface area contributed by atoms with E-state index in [4.69, 9.17) is 0 Å². The van der Waals surface area contributed by atoms with Crippen molar-refractivity contribution in [3.63, 3.8) is 0 Å². The number of nitrogens with zero attached hydrogens (tertiary/aromatic N) is 1. The van der Waals surface area contributed by atoms with E-state index in [1.54, 1.807) is 11.3 Å². The Bertz CT molecular complexity index is 549. The van der Waals surface area contributed by atoms with Crippen LogP contribution in [-0.4, -0.2) is 19.0 Å². The molecule has 0 aliphatic rings. The molecule has 3 nitrogen and oxygen atoms in total. The summed E-state index contributed by atoms with van der Waals surface area (Å²) in [6.07, 6.45) is 1.03. The molecule has 0 aliphatic heterocycles. The van der Waals surface area contributed by atoms with Gasteiger partial charge in [0.2, 0.25) is 0 Å². The largest absolute Gasteiger partial charge is 0.354 e. The molecule has 2 N–H and O–H groups in total. The van der Waals surface area contributed by atoms with Crippen LogP contribution in [0.15, 0.2) is 34.0 Å². The minimum absolute atomic E-state index is 0. The second-order valence-corrected chi connectivity index (χ2v) is 6.97. The first-order valence-electron chi connectivity index (χ1n) is 6.71. The van der Waals surface area contributed by atoms with Gasteiger partial charge in [0.1, 0.15) is 0 Å². The Balaban J connectivity index is 0.00000220. The maximum Gasteiger partial charge on any atom is 0.191 e. The number of aryl methyl sites for hydroxylation is 1. The number of halogens is 1. The molecule has 2 rings (SSSR count). The van der Waals surface area contributed by atoms with Crippen molar-refractivity contribution in [1.82, 2.24) is 10.6 Å². The average Bonchev–Trinajstić information content (AvgIpc) is 3.06. The summed E-state index contributed by atoms with van der Waals surface area (Å²) in [4.78, 5) is 7.06. The number of aliphatic imine (C=N–C) groups is 1. The van der Waals surface area contributed by atoms with Crippen LogP contribution in [0.25, 0.3) is 0 Å². The van der Waals surface area contributed by atoms with Crippen LogP contribution < -0.4 is 10.6 Å². The summed E-state index contributed by atoms with van der Waals surface area (Å²) in [5.41, 5.74) is 1.29. The van der Waals surface area contributed by atoms with E-state index >= 15 is 0 Å². The molecule has 21 heavy (non-hydrogen) atoms. The summed E-state index contributed by atoms with van der Waals surface area (Å²) >= 11 is 3.58. The highest BCUT2D eigenvalue weighted by Gasteiger charge is 2.07. The van der Waals surface area contributed by atoms with Crippen molar-refractivity contribution >= 4 is 52.6 Å². The van der Waals surface area contributed by atoms with Crippen molar-refractivity contribution in [3.8, 4) is 0 Å². The van der Waals surface area contributed by atoms with Gasteiger partial charge in [0.05, 0.1) is 0 Å². The third kappa shape index (κ3) is 6.36. The van der Waals surface area contributed by atoms with Crippen LogP contribution in [-0.2, 0) is 13.0 Å². The molecule has 0 radical (unpaired) electrons. The molecule has 0 fully saturated rings. The second kappa shape index (κ2) is 9.42. The van der Waals surface area contributed by atoms with Crippen molar-refractivity contribution in [1.29, 1.82) is 0 Å². The van der Waals surface area contributed by atoms with Gasteiger partial charge in [-0.1, -0.05) is 0 Å². The number of hydrogen-bond donors (Lipinski definition) is 2. The van der Waals surface area contributed by atoms with E-state index in [-0.39, 0.29) is 24.0 Å². The predicted octanol–water partition coefficient (Wildman–Crippen LogP) is 4.03. The monoisotopic (exact) mass is 435 g/mol. The first kappa shape index (κ1) is 18.4. The van der Waals surface area contributed by atoms with E-state index in [0.29, 0.717) is 6.04 Å². The Hall–Kier alpha value is -0.600. The highest BCUT2D eigenvalue weighted by atomic mass is 127. The van der Waals surface area contributed by atoms with Crippen molar-refractivity contribution in [2.75, 3.05) is 7.05 Å². The molecule has 1 unspecified atom stereocenters. The van der Waals surface area contributed by atoms with E-state index < -0.39 is 0 Å². The third-order valence-corrected chi connectivity index (χ3v) is 4.71. The summed E-state index contributed by atoms with van der Waals surface area (Å²) in [5, 5.41) is 11.0. The summed E-state index contributed by atoms with van der Waals surface area (Å²) in [7, 11) is 1.81. The summed E-state index contributed by atoms with van der Waals surface area (Å²) < 4.78 is 0. The molecular formula is C15H22IN3S2. The Labute approximate surface area is 151 Å². The van der Waals surface area contributed by atoms with Gasteiger partial charge >= 0.3 is 0 Å². The first-order valence-corrected chi connectivity index (χ1v) is 8.47. The number of rotatable bonds is 5. The lowest BCUT2D eigenvalue weighted by Gasteiger charge is -2.17. The van der Waals surface area contributed by atoms with Gasteiger partial charge in [-0.05, 0) is 48.4 Å². The molecule has 0 amide bonds. The van der Waals surface area contributed by atoms with Crippen LogP contribution in [0.3, 0.4) is 0 Å². The van der Waals surface area contributed by atoms with Gasteiger partial charge in [-0.3, -0.25) is 4.99 Å². The maximum absolute atomic E-state index is 4.28. The van der Waals surface area contributed by atoms with E-state index in [1.807, 2.05) is 18.4 Å². The molecule has 0 aliphatic carbocycles. The van der Waals surface area contributed by atoms with Crippen LogP contribution in [0.2, 0.25) is 0 Å². The maximum atomic E-state index is 4.28. The van der Waals surface area contributed by atoms with Crippen LogP contribution in [0.4, 0.5) is 0 Å². The standard InChI is InChI=1S/C15H21N3S2.HI/c1-11(8-14-5-4-12(2)20-14)18-15(16-3)17-9-13-6-7-19-10-13;/h4-7,10-11H,8-9H2,1-3H3,(H2,16,17,18);1H. The molecule has 0 spiro atoms. The molecule has 0 saturated carbocycles. The molecule has 2 aromatic heterocycles. The Morgan fingerprint density at radius 1 is 1.33 bits per heavy atom. The normalized spacial score (nSPS) is 12.6. The van der Waals surface area contributed by atoms with Crippen molar-refractivity contribution in [2.45, 2.75) is 32.9 Å². The highest BCUT2D eigenvalue weighted by molar-refractivity contribution is 14.0. The fourth-order valence-electron chi connectivity index (χ4n) is 1.95. The third-order valence-electron chi connectivity index (χ3n) is 2.95. The fourth-order valence-corrected chi connectivity index (χ4v) is 3.64. The Morgan fingerprint density at radius 3 is 2.71 bits per heavy atom. The number of guanidine groups is 1. The molecule has 2 heterocycles. The molecule has 0 bridgehead atoms. The van der Waals surface area contributed by atoms with E-state index in [9.17, 15) is 0 Å². The quantitative estimate of drug-likeness (QED) is 0.423. The van der Waals surface area contributed by atoms with Crippen LogP contribution in [0.1, 0.15) is 22.2 Å². The van der Waals surface area contributed by atoms with Gasteiger partial charge in [-0.25, -0.2) is 0 Å². The Morgan fingerprint density at radius 2 is 2.14 bits per heavy atom. The van der Waals surface area contributed by atoms with Crippen LogP contribution >= 0.6 is 46.7 Å². The smallest absolute Gasteiger partial charge is 0.191 e. The Kier molecular flexibility index (Phi) is 8.28. The van der Waals surface area contributed by atoms with E-state index in [0.717, 1.165) is 18.9 Å². The minimum atomic E-state index is 0. The number of nitrogens with one attached hydrogen (secondary N) is 2. The molecule has 2 aromatic rings. The van der Waals surface area contributed by atoms with E-state index in [1.165, 1.54) is 15.3 Å². The van der Waals surface area contributed by atoms with Gasteiger partial charge in [0.15, 0.2) is 5.96 Å². The molecule has 0 aromatic carbocycles. The van der Waals surface area contributed by atoms with Gasteiger partial charge in [0, 0.05) is 35.8 Å². The number of hydrogen-bond acceptors (Lipinski definition) is 3. The zero-order valence-electron chi connectivity index (χ0n) is 12.6. The molecule has 6 heteroatoms. The zero-order valence-corrected chi connectivity index (χ0v) is 16.5. The van der Waals surface area contributed by atoms with Crippen LogP contribution in [0.5, 0.6) is 0 Å². The first-order chi connectivity index (χ1) is 9.67. The SMILES string of the molecule is CN=C(NCc1ccsc1)NC(C)Cc1ccc(C)s1.I. The van der Waals surface area contributed by atoms with Crippen LogP contribution in [0, 0.1) is 6.92 Å². The van der Waals surface area contributed by atoms with Crippen molar-refractivity contribution < 1.29 is 0 Å². The highest BCUT2D eigenvalue weighted by Crippen LogP contribution is 2.16. The average molecular weight is 435 g/mol. The topological polar surface area (TPSA) is 36.4 Å². The lowest BCUT2D eigenvalue weighted by atomic mass is 10.2. The summed E-state index contributed by atoms with van der Waals surface area (Å²) in [6.45, 7) is 5.15. The second-order valence-electron chi connectivity index (χ2n) is 4.82. The molecule has 1 atom stereocenters. The van der Waals surface area contributed by atoms with Crippen molar-refractivity contribution in [2.24, 2.45) is 4.99 Å². The lowest BCUT2D eigenvalue weighted by molar-refractivity contribution is 0.645. The summed E-state index contributed by atoms with van der Waals surface area (Å²) in [6, 6.07) is 6.88. The molecule has 0 saturated heterocycles. The fraction of sp³-hybridized carbons (Fsp3) is 0.400. The molecule has 116 valence electrons.